The molecule has 13 heavy (non-hydrogen) atoms. The largest absolute Gasteiger partial charge is 0.497 e. The number of rotatable bonds is 2. The average Bonchev–Trinajstić information content (AvgIpc) is 2.03. The van der Waals surface area contributed by atoms with Gasteiger partial charge in [-0.2, -0.15) is 0 Å². The van der Waals surface area contributed by atoms with Crippen molar-refractivity contribution in [2.75, 3.05) is 7.11 Å². The minimum absolute atomic E-state index is 0. The molecule has 0 atom stereocenters. The van der Waals surface area contributed by atoms with Crippen LogP contribution in [0.2, 0.25) is 0 Å². The molecule has 77 valence electrons. The monoisotopic (exact) mass is 251 g/mol. The molecule has 0 unspecified atom stereocenters. The maximum atomic E-state index is 10.7. The molecular formula is C7H9CuO4P. The zero-order valence-corrected chi connectivity index (χ0v) is 8.61. The molecule has 1 aromatic rings. The van der Waals surface area contributed by atoms with Gasteiger partial charge in [0.1, 0.15) is 5.75 Å². The van der Waals surface area contributed by atoms with Crippen LogP contribution in [-0.2, 0) is 21.6 Å². The van der Waals surface area contributed by atoms with Gasteiger partial charge in [-0.05, 0) is 24.3 Å². The van der Waals surface area contributed by atoms with Crippen LogP contribution in [0.4, 0.5) is 0 Å². The van der Waals surface area contributed by atoms with Crippen LogP contribution < -0.4 is 10.0 Å². The predicted molar refractivity (Wildman–Crippen MR) is 44.7 cm³/mol. The van der Waals surface area contributed by atoms with Gasteiger partial charge in [-0.15, -0.1) is 0 Å². The van der Waals surface area contributed by atoms with Crippen LogP contribution in [0.5, 0.6) is 5.75 Å². The Morgan fingerprint density at radius 1 is 1.23 bits per heavy atom. The molecule has 0 aliphatic rings. The molecule has 1 radical (unpaired) electrons. The van der Waals surface area contributed by atoms with E-state index in [4.69, 9.17) is 14.5 Å². The molecule has 0 amide bonds. The normalized spacial score (nSPS) is 10.4. The Hall–Kier alpha value is -0.311. The first-order valence-corrected chi connectivity index (χ1v) is 4.85. The maximum absolute atomic E-state index is 10.7. The summed E-state index contributed by atoms with van der Waals surface area (Å²) in [6, 6.07) is 5.71. The van der Waals surface area contributed by atoms with Gasteiger partial charge in [-0.25, -0.2) is 0 Å². The third kappa shape index (κ3) is 3.51. The Labute approximate surface area is 86.6 Å². The molecule has 0 saturated heterocycles. The third-order valence-corrected chi connectivity index (χ3v) is 2.38. The fourth-order valence-electron chi connectivity index (χ4n) is 0.776. The van der Waals surface area contributed by atoms with E-state index in [1.807, 2.05) is 0 Å². The zero-order valence-electron chi connectivity index (χ0n) is 6.77. The van der Waals surface area contributed by atoms with Crippen molar-refractivity contribution >= 4 is 12.9 Å². The van der Waals surface area contributed by atoms with Gasteiger partial charge in [0.15, 0.2) is 0 Å². The summed E-state index contributed by atoms with van der Waals surface area (Å²) in [5.41, 5.74) is 0. The standard InChI is InChI=1S/C7H9O4P.Cu/c1-11-6-2-4-7(5-3-6)12(8,9)10;/h2-5H,1H3,(H2,8,9,10);. The summed E-state index contributed by atoms with van der Waals surface area (Å²) in [6.07, 6.45) is 0. The van der Waals surface area contributed by atoms with Gasteiger partial charge < -0.3 is 14.5 Å². The van der Waals surface area contributed by atoms with Crippen LogP contribution in [0.3, 0.4) is 0 Å². The van der Waals surface area contributed by atoms with Gasteiger partial charge in [-0.1, -0.05) is 0 Å². The second kappa shape index (κ2) is 4.80. The maximum Gasteiger partial charge on any atom is 0.356 e. The minimum Gasteiger partial charge on any atom is -0.497 e. The van der Waals surface area contributed by atoms with Gasteiger partial charge >= 0.3 is 7.60 Å². The first kappa shape index (κ1) is 12.7. The summed E-state index contributed by atoms with van der Waals surface area (Å²) in [5.74, 6) is 0.576. The molecule has 1 aromatic carbocycles. The fraction of sp³-hybridized carbons (Fsp3) is 0.143. The second-order valence-corrected chi connectivity index (χ2v) is 3.85. The van der Waals surface area contributed by atoms with E-state index in [-0.39, 0.29) is 22.4 Å². The Bertz CT molecular complexity index is 305. The molecule has 0 aliphatic heterocycles. The van der Waals surface area contributed by atoms with Crippen LogP contribution in [0.1, 0.15) is 0 Å². The predicted octanol–water partition coefficient (Wildman–Crippen LogP) is 0.496. The molecule has 0 spiro atoms. The van der Waals surface area contributed by atoms with E-state index in [2.05, 4.69) is 0 Å². The van der Waals surface area contributed by atoms with Crippen molar-refractivity contribution in [3.05, 3.63) is 24.3 Å². The molecule has 0 bridgehead atoms. The van der Waals surface area contributed by atoms with Gasteiger partial charge in [0, 0.05) is 17.1 Å². The van der Waals surface area contributed by atoms with Crippen molar-refractivity contribution in [2.45, 2.75) is 0 Å². The molecule has 0 saturated carbocycles. The molecule has 0 heterocycles. The van der Waals surface area contributed by atoms with E-state index in [1.54, 1.807) is 0 Å². The van der Waals surface area contributed by atoms with Crippen LogP contribution >= 0.6 is 7.60 Å². The van der Waals surface area contributed by atoms with Gasteiger partial charge in [0.25, 0.3) is 0 Å². The number of methoxy groups -OCH3 is 1. The van der Waals surface area contributed by atoms with Crippen molar-refractivity contribution in [1.29, 1.82) is 0 Å². The van der Waals surface area contributed by atoms with Gasteiger partial charge in [0.2, 0.25) is 0 Å². The summed E-state index contributed by atoms with van der Waals surface area (Å²) in [5, 5.41) is 0.00306. The summed E-state index contributed by atoms with van der Waals surface area (Å²) < 4.78 is 15.5. The SMILES string of the molecule is COc1ccc(P(=O)(O)O)cc1.[Cu]. The molecule has 4 nitrogen and oxygen atoms in total. The quantitative estimate of drug-likeness (QED) is 0.593. The molecule has 6 heteroatoms. The molecule has 0 aliphatic carbocycles. The third-order valence-electron chi connectivity index (χ3n) is 1.41. The summed E-state index contributed by atoms with van der Waals surface area (Å²) in [7, 11) is -2.61. The number of benzene rings is 1. The molecule has 0 fully saturated rings. The number of hydrogen-bond donors (Lipinski definition) is 2. The average molecular weight is 252 g/mol. The molecule has 1 rings (SSSR count). The van der Waals surface area contributed by atoms with Gasteiger partial charge in [-0.3, -0.25) is 4.57 Å². The molecule has 0 aromatic heterocycles. The van der Waals surface area contributed by atoms with Crippen LogP contribution in [-0.4, -0.2) is 16.9 Å². The smallest absolute Gasteiger partial charge is 0.356 e. The first-order valence-electron chi connectivity index (χ1n) is 3.24. The van der Waals surface area contributed by atoms with E-state index >= 15 is 0 Å². The van der Waals surface area contributed by atoms with E-state index in [9.17, 15) is 4.57 Å². The second-order valence-electron chi connectivity index (χ2n) is 2.24. The topological polar surface area (TPSA) is 66.8 Å². The van der Waals surface area contributed by atoms with Crippen molar-refractivity contribution < 1.29 is 36.2 Å². The Kier molecular flexibility index (Phi) is 4.68. The van der Waals surface area contributed by atoms with Crippen molar-refractivity contribution in [3.63, 3.8) is 0 Å². The van der Waals surface area contributed by atoms with Crippen LogP contribution in [0, 0.1) is 0 Å². The first-order chi connectivity index (χ1) is 5.54. The number of hydrogen-bond acceptors (Lipinski definition) is 2. The van der Waals surface area contributed by atoms with E-state index in [1.165, 1.54) is 31.4 Å². The van der Waals surface area contributed by atoms with Crippen LogP contribution in [0.25, 0.3) is 0 Å². The Balaban J connectivity index is 0.00000144. The minimum atomic E-state index is -4.10. The Morgan fingerprint density at radius 2 is 1.69 bits per heavy atom. The Morgan fingerprint density at radius 3 is 2.00 bits per heavy atom. The summed E-state index contributed by atoms with van der Waals surface area (Å²) in [6.45, 7) is 0. The number of ether oxygens (including phenoxy) is 1. The zero-order chi connectivity index (χ0) is 9.19. The van der Waals surface area contributed by atoms with Crippen molar-refractivity contribution in [2.24, 2.45) is 0 Å². The fourth-order valence-corrected chi connectivity index (χ4v) is 1.31. The van der Waals surface area contributed by atoms with E-state index in [0.29, 0.717) is 5.75 Å². The van der Waals surface area contributed by atoms with Crippen molar-refractivity contribution in [3.8, 4) is 5.75 Å². The van der Waals surface area contributed by atoms with Gasteiger partial charge in [0.05, 0.1) is 12.4 Å². The van der Waals surface area contributed by atoms with Crippen LogP contribution in [0.15, 0.2) is 24.3 Å². The van der Waals surface area contributed by atoms with E-state index in [0.717, 1.165) is 0 Å². The molecule has 2 N–H and O–H groups in total. The summed E-state index contributed by atoms with van der Waals surface area (Å²) >= 11 is 0. The van der Waals surface area contributed by atoms with Crippen molar-refractivity contribution in [1.82, 2.24) is 0 Å². The van der Waals surface area contributed by atoms with E-state index < -0.39 is 7.60 Å². The molecular weight excluding hydrogens is 243 g/mol. The summed E-state index contributed by atoms with van der Waals surface area (Å²) in [4.78, 5) is 17.4.